The molecule has 1 unspecified atom stereocenters. The molecular formula is C70H51N3O10. The van der Waals surface area contributed by atoms with Crippen molar-refractivity contribution in [2.45, 2.75) is 45.1 Å². The quantitative estimate of drug-likeness (QED) is 0.0761. The molecule has 0 N–H and O–H groups in total. The summed E-state index contributed by atoms with van der Waals surface area (Å²) in [5.74, 6) is 6.95. The highest BCUT2D eigenvalue weighted by Gasteiger charge is 2.47. The van der Waals surface area contributed by atoms with Crippen molar-refractivity contribution in [1.82, 2.24) is 4.90 Å². The monoisotopic (exact) mass is 1090 g/mol. The van der Waals surface area contributed by atoms with Crippen molar-refractivity contribution in [1.29, 1.82) is 0 Å². The van der Waals surface area contributed by atoms with Crippen molar-refractivity contribution in [2.24, 2.45) is 0 Å². The lowest BCUT2D eigenvalue weighted by Crippen LogP contribution is -2.47. The molecule has 0 spiro atoms. The number of ether oxygens (including phenoxy) is 4. The fourth-order valence-electron chi connectivity index (χ4n) is 10.7. The van der Waals surface area contributed by atoms with Crippen LogP contribution in [0.2, 0.25) is 0 Å². The van der Waals surface area contributed by atoms with E-state index in [1.807, 2.05) is 97.9 Å². The number of nitrogens with zero attached hydrogens (tertiary/aromatic N) is 3. The van der Waals surface area contributed by atoms with Gasteiger partial charge in [0, 0.05) is 22.6 Å². The Hall–Kier alpha value is -10.8. The number of hydrogen-bond acceptors (Lipinski definition) is 10. The van der Waals surface area contributed by atoms with Crippen LogP contribution in [-0.2, 0) is 11.0 Å². The van der Waals surface area contributed by atoms with Crippen LogP contribution in [-0.4, -0.2) is 47.5 Å². The molecule has 12 rings (SSSR count). The van der Waals surface area contributed by atoms with Crippen LogP contribution in [0.5, 0.6) is 40.2 Å². The fourth-order valence-corrected chi connectivity index (χ4v) is 10.7. The summed E-state index contributed by atoms with van der Waals surface area (Å²) in [6, 6.07) is 60.2. The number of rotatable bonds is 14. The molecule has 9 aromatic rings. The summed E-state index contributed by atoms with van der Waals surface area (Å²) in [6.07, 6.45) is 0.335. The second kappa shape index (κ2) is 21.0. The zero-order valence-corrected chi connectivity index (χ0v) is 45.8. The van der Waals surface area contributed by atoms with Crippen LogP contribution in [0.15, 0.2) is 206 Å². The van der Waals surface area contributed by atoms with Gasteiger partial charge in [0.25, 0.3) is 35.4 Å². The minimum Gasteiger partial charge on any atom is -0.497 e. The van der Waals surface area contributed by atoms with E-state index in [-0.39, 0.29) is 33.4 Å². The molecule has 9 aromatic carbocycles. The van der Waals surface area contributed by atoms with Crippen molar-refractivity contribution in [3.05, 3.63) is 267 Å². The molecule has 0 radical (unpaired) electrons. The minimum atomic E-state index is -1.17. The van der Waals surface area contributed by atoms with E-state index in [0.29, 0.717) is 69.2 Å². The molecule has 13 heteroatoms. The topological polar surface area (TPSA) is 149 Å². The summed E-state index contributed by atoms with van der Waals surface area (Å²) < 4.78 is 23.7. The maximum absolute atomic E-state index is 14.4. The lowest BCUT2D eigenvalue weighted by atomic mass is 9.78. The molecule has 0 fully saturated rings. The zero-order valence-electron chi connectivity index (χ0n) is 45.8. The molecule has 6 amide bonds. The third-order valence-electron chi connectivity index (χ3n) is 15.6. The first-order valence-corrected chi connectivity index (χ1v) is 26.9. The predicted molar refractivity (Wildman–Crippen MR) is 313 cm³/mol. The number of anilines is 2. The Morgan fingerprint density at radius 3 is 1.39 bits per heavy atom. The van der Waals surface area contributed by atoms with Crippen molar-refractivity contribution in [2.75, 3.05) is 16.9 Å². The summed E-state index contributed by atoms with van der Waals surface area (Å²) in [6.45, 7) is 7.89. The van der Waals surface area contributed by atoms with Gasteiger partial charge in [0.05, 0.1) is 57.4 Å². The molecule has 3 aliphatic heterocycles. The number of imide groups is 3. The minimum absolute atomic E-state index is 0.196. The van der Waals surface area contributed by atoms with Crippen LogP contribution < -0.4 is 28.7 Å². The number of methoxy groups -OCH3 is 1. The number of benzene rings is 9. The maximum Gasteiger partial charge on any atom is 0.266 e. The summed E-state index contributed by atoms with van der Waals surface area (Å²) in [5, 5.41) is 0. The summed E-state index contributed by atoms with van der Waals surface area (Å²) >= 11 is 0. The maximum atomic E-state index is 14.4. The Morgan fingerprint density at radius 1 is 0.361 bits per heavy atom. The van der Waals surface area contributed by atoms with Crippen LogP contribution in [0.3, 0.4) is 0 Å². The van der Waals surface area contributed by atoms with Crippen LogP contribution >= 0.6 is 0 Å². The van der Waals surface area contributed by atoms with Gasteiger partial charge < -0.3 is 18.9 Å². The third kappa shape index (κ3) is 9.61. The van der Waals surface area contributed by atoms with E-state index in [0.717, 1.165) is 26.5 Å². The lowest BCUT2D eigenvalue weighted by molar-refractivity contribution is 0.0434. The van der Waals surface area contributed by atoms with Gasteiger partial charge in [0.15, 0.2) is 0 Å². The zero-order chi connectivity index (χ0) is 57.7. The van der Waals surface area contributed by atoms with E-state index < -0.39 is 46.4 Å². The molecule has 3 heterocycles. The molecular weight excluding hydrogens is 1040 g/mol. The number of amides is 6. The standard InChI is InChI=1S/C70H51N3O10/c1-6-70(4,47-14-10-15-49(39-47)72-64(75)57-35-20-44(38-60(57)65(72)76)19-18-43-12-8-7-9-13-43)73-67(78)59-37-34-56(42-62(59)68(73)79)83-51-29-23-46(24-30-51)69(2,3)45-21-27-50(28-22-45)82-55-33-36-58-61(41-55)66(77)71(63(58)74)48-25-31-52(32-26-48)81-54-17-11-16-53(40-54)80-5/h7-17,20-42H,6H2,1-5H3. The highest BCUT2D eigenvalue weighted by Crippen LogP contribution is 2.43. The van der Waals surface area contributed by atoms with E-state index in [4.69, 9.17) is 18.9 Å². The molecule has 0 aliphatic carbocycles. The van der Waals surface area contributed by atoms with Crippen molar-refractivity contribution >= 4 is 46.8 Å². The SMILES string of the molecule is CCC(C)(c1cccc(N2C(=O)c3ccc(C#Cc4ccccc4)cc3C2=O)c1)N1C(=O)c2ccc(Oc3ccc(C(C)(C)c4ccc(Oc5ccc6c(c5)C(=O)N(c5ccc(Oc7cccc(OC)c7)cc5)C6=O)cc4)cc3)cc2C1=O. The number of carbonyl (C=O) groups excluding carboxylic acids is 6. The summed E-state index contributed by atoms with van der Waals surface area (Å²) in [4.78, 5) is 87.1. The Bertz CT molecular complexity index is 4220. The first kappa shape index (κ1) is 52.8. The largest absolute Gasteiger partial charge is 0.497 e. The van der Waals surface area contributed by atoms with Crippen LogP contribution in [0, 0.1) is 11.8 Å². The van der Waals surface area contributed by atoms with Crippen LogP contribution in [0.4, 0.5) is 11.4 Å². The second-order valence-electron chi connectivity index (χ2n) is 21.0. The molecule has 0 saturated carbocycles. The van der Waals surface area contributed by atoms with Crippen LogP contribution in [0.1, 0.15) is 124 Å². The summed E-state index contributed by atoms with van der Waals surface area (Å²) in [5.41, 5.74) is 4.54. The average molecular weight is 1090 g/mol. The molecule has 0 aromatic heterocycles. The number of hydrogen-bond donors (Lipinski definition) is 0. The van der Waals surface area contributed by atoms with Gasteiger partial charge in [-0.25, -0.2) is 9.80 Å². The van der Waals surface area contributed by atoms with E-state index in [9.17, 15) is 28.8 Å². The first-order valence-electron chi connectivity index (χ1n) is 26.9. The van der Waals surface area contributed by atoms with Gasteiger partial charge >= 0.3 is 0 Å². The van der Waals surface area contributed by atoms with Gasteiger partial charge in [-0.3, -0.25) is 33.7 Å². The lowest BCUT2D eigenvalue weighted by Gasteiger charge is -2.37. The van der Waals surface area contributed by atoms with Crippen molar-refractivity contribution in [3.8, 4) is 52.1 Å². The Balaban J connectivity index is 0.687. The number of carbonyl (C=O) groups is 6. The van der Waals surface area contributed by atoms with E-state index in [1.54, 1.807) is 129 Å². The highest BCUT2D eigenvalue weighted by molar-refractivity contribution is 6.35. The van der Waals surface area contributed by atoms with Gasteiger partial charge in [0.2, 0.25) is 0 Å². The first-order chi connectivity index (χ1) is 40.1. The molecule has 0 bridgehead atoms. The molecule has 83 heavy (non-hydrogen) atoms. The summed E-state index contributed by atoms with van der Waals surface area (Å²) in [7, 11) is 1.58. The molecule has 3 aliphatic rings. The Kier molecular flexibility index (Phi) is 13.4. The molecule has 1 atom stereocenters. The predicted octanol–water partition coefficient (Wildman–Crippen LogP) is 14.3. The molecule has 406 valence electrons. The van der Waals surface area contributed by atoms with E-state index in [2.05, 4.69) is 25.7 Å². The molecule has 0 saturated heterocycles. The Morgan fingerprint density at radius 2 is 0.807 bits per heavy atom. The van der Waals surface area contributed by atoms with Gasteiger partial charge in [-0.2, -0.15) is 0 Å². The highest BCUT2D eigenvalue weighted by atomic mass is 16.5. The van der Waals surface area contributed by atoms with E-state index in [1.165, 1.54) is 4.90 Å². The van der Waals surface area contributed by atoms with E-state index >= 15 is 0 Å². The molecule has 13 nitrogen and oxygen atoms in total. The average Bonchev–Trinajstić information content (AvgIpc) is 4.25. The van der Waals surface area contributed by atoms with Gasteiger partial charge in [-0.05, 0) is 170 Å². The normalized spacial score (nSPS) is 14.2. The van der Waals surface area contributed by atoms with Gasteiger partial charge in [0.1, 0.15) is 40.2 Å². The van der Waals surface area contributed by atoms with Crippen LogP contribution in [0.25, 0.3) is 0 Å². The van der Waals surface area contributed by atoms with Crippen molar-refractivity contribution in [3.63, 3.8) is 0 Å². The van der Waals surface area contributed by atoms with Gasteiger partial charge in [-0.1, -0.05) is 93.3 Å². The Labute approximate surface area is 478 Å². The second-order valence-corrected chi connectivity index (χ2v) is 21.0. The number of fused-ring (bicyclic) bond motifs is 3. The van der Waals surface area contributed by atoms with Crippen molar-refractivity contribution < 1.29 is 47.7 Å². The van der Waals surface area contributed by atoms with Gasteiger partial charge in [-0.15, -0.1) is 0 Å². The smallest absolute Gasteiger partial charge is 0.266 e. The fraction of sp³-hybridized carbons (Fsp3) is 0.114. The third-order valence-corrected chi connectivity index (χ3v) is 15.6.